The molecule has 2 heterocycles. The molecule has 0 bridgehead atoms. The Morgan fingerprint density at radius 2 is 1.75 bits per heavy atom. The lowest BCUT2D eigenvalue weighted by Crippen LogP contribution is -2.07. The van der Waals surface area contributed by atoms with Crippen molar-refractivity contribution in [2.24, 2.45) is 0 Å². The van der Waals surface area contributed by atoms with E-state index in [1.807, 2.05) is 0 Å². The van der Waals surface area contributed by atoms with Gasteiger partial charge in [-0.1, -0.05) is 24.3 Å². The monoisotopic (exact) mass is 271 g/mol. The van der Waals surface area contributed by atoms with Gasteiger partial charge in [0.2, 0.25) is 5.95 Å². The number of aromatic nitrogens is 2. The van der Waals surface area contributed by atoms with Crippen LogP contribution in [0.3, 0.4) is 0 Å². The predicted molar refractivity (Wildman–Crippen MR) is 75.3 cm³/mol. The maximum absolute atomic E-state index is 5.47. The fourth-order valence-corrected chi connectivity index (χ4v) is 2.10. The molecule has 1 saturated heterocycles. The van der Waals surface area contributed by atoms with E-state index in [1.54, 1.807) is 18.5 Å². The average molecular weight is 271 g/mol. The number of hydrogen-bond donors (Lipinski definition) is 1. The first-order valence-corrected chi connectivity index (χ1v) is 6.75. The van der Waals surface area contributed by atoms with Gasteiger partial charge in [-0.05, 0) is 18.1 Å². The smallest absolute Gasteiger partial charge is 0.222 e. The Bertz CT molecular complexity index is 525. The molecule has 20 heavy (non-hydrogen) atoms. The van der Waals surface area contributed by atoms with E-state index in [0.717, 1.165) is 18.5 Å². The Morgan fingerprint density at radius 1 is 1.05 bits per heavy atom. The van der Waals surface area contributed by atoms with Crippen molar-refractivity contribution < 1.29 is 9.47 Å². The fourth-order valence-electron chi connectivity index (χ4n) is 2.10. The third-order valence-electron chi connectivity index (χ3n) is 3.14. The number of nitrogens with zero attached hydrogens (tertiary/aromatic N) is 2. The molecule has 5 nitrogen and oxygen atoms in total. The van der Waals surface area contributed by atoms with Crippen LogP contribution in [0.5, 0.6) is 0 Å². The van der Waals surface area contributed by atoms with E-state index in [-0.39, 0.29) is 6.29 Å². The van der Waals surface area contributed by atoms with E-state index in [2.05, 4.69) is 39.6 Å². The summed E-state index contributed by atoms with van der Waals surface area (Å²) in [5, 5.41) is 3.19. The van der Waals surface area contributed by atoms with Gasteiger partial charge in [-0.15, -0.1) is 0 Å². The summed E-state index contributed by atoms with van der Waals surface area (Å²) in [6.07, 6.45) is 4.18. The number of rotatable bonds is 5. The lowest BCUT2D eigenvalue weighted by molar-refractivity contribution is -0.0441. The molecule has 1 N–H and O–H groups in total. The Hall–Kier alpha value is -1.98. The van der Waals surface area contributed by atoms with Crippen molar-refractivity contribution in [2.75, 3.05) is 25.1 Å². The summed E-state index contributed by atoms with van der Waals surface area (Å²) in [4.78, 5) is 8.24. The summed E-state index contributed by atoms with van der Waals surface area (Å²) in [5.74, 6) is 0.664. The summed E-state index contributed by atoms with van der Waals surface area (Å²) in [7, 11) is 0. The Kier molecular flexibility index (Phi) is 4.20. The van der Waals surface area contributed by atoms with E-state index in [9.17, 15) is 0 Å². The molecule has 0 saturated carbocycles. The minimum absolute atomic E-state index is 0.195. The van der Waals surface area contributed by atoms with E-state index in [0.29, 0.717) is 19.2 Å². The molecule has 2 aromatic rings. The molecule has 0 atom stereocenters. The van der Waals surface area contributed by atoms with Crippen molar-refractivity contribution >= 4 is 5.95 Å². The zero-order chi connectivity index (χ0) is 13.6. The third-order valence-corrected chi connectivity index (χ3v) is 3.14. The summed E-state index contributed by atoms with van der Waals surface area (Å²) in [6.45, 7) is 2.15. The van der Waals surface area contributed by atoms with Gasteiger partial charge in [0.1, 0.15) is 0 Å². The lowest BCUT2D eigenvalue weighted by Gasteiger charge is -2.10. The molecule has 0 amide bonds. The minimum Gasteiger partial charge on any atom is -0.354 e. The molecule has 1 aliphatic heterocycles. The lowest BCUT2D eigenvalue weighted by atomic mass is 10.1. The Labute approximate surface area is 118 Å². The van der Waals surface area contributed by atoms with E-state index >= 15 is 0 Å². The van der Waals surface area contributed by atoms with Crippen molar-refractivity contribution in [2.45, 2.75) is 12.7 Å². The van der Waals surface area contributed by atoms with E-state index in [4.69, 9.17) is 9.47 Å². The van der Waals surface area contributed by atoms with Gasteiger partial charge in [0.15, 0.2) is 6.29 Å². The van der Waals surface area contributed by atoms with Crippen LogP contribution >= 0.6 is 0 Å². The van der Waals surface area contributed by atoms with Gasteiger partial charge >= 0.3 is 0 Å². The van der Waals surface area contributed by atoms with E-state index in [1.165, 1.54) is 5.56 Å². The highest BCUT2D eigenvalue weighted by Crippen LogP contribution is 2.23. The second-order valence-electron chi connectivity index (χ2n) is 4.56. The quantitative estimate of drug-likeness (QED) is 0.903. The van der Waals surface area contributed by atoms with Gasteiger partial charge in [0.25, 0.3) is 0 Å². The SMILES string of the molecule is c1cnc(NCCc2ccc(C3OCCO3)cc2)nc1. The van der Waals surface area contributed by atoms with Gasteiger partial charge in [-0.2, -0.15) is 0 Å². The number of nitrogens with one attached hydrogen (secondary N) is 1. The van der Waals surface area contributed by atoms with Crippen LogP contribution in [0, 0.1) is 0 Å². The second kappa shape index (κ2) is 6.45. The predicted octanol–water partition coefficient (Wildman–Crippen LogP) is 2.18. The molecular formula is C15H17N3O2. The van der Waals surface area contributed by atoms with Crippen molar-refractivity contribution in [3.63, 3.8) is 0 Å². The van der Waals surface area contributed by atoms with Crippen LogP contribution in [0.25, 0.3) is 0 Å². The van der Waals surface area contributed by atoms with Gasteiger partial charge in [0, 0.05) is 24.5 Å². The molecule has 5 heteroatoms. The molecule has 1 fully saturated rings. The first-order valence-electron chi connectivity index (χ1n) is 6.75. The minimum atomic E-state index is -0.195. The van der Waals surface area contributed by atoms with Crippen LogP contribution < -0.4 is 5.32 Å². The Morgan fingerprint density at radius 3 is 2.45 bits per heavy atom. The van der Waals surface area contributed by atoms with Crippen LogP contribution in [0.15, 0.2) is 42.7 Å². The summed E-state index contributed by atoms with van der Waals surface area (Å²) in [5.41, 5.74) is 2.33. The molecule has 3 rings (SSSR count). The van der Waals surface area contributed by atoms with Crippen LogP contribution in [-0.4, -0.2) is 29.7 Å². The summed E-state index contributed by atoms with van der Waals surface area (Å²) < 4.78 is 10.9. The fraction of sp³-hybridized carbons (Fsp3) is 0.333. The molecule has 104 valence electrons. The standard InChI is InChI=1S/C15H17N3O2/c1-7-16-15(17-8-1)18-9-6-12-2-4-13(5-3-12)14-19-10-11-20-14/h1-5,7-8,14H,6,9-11H2,(H,16,17,18). The number of hydrogen-bond acceptors (Lipinski definition) is 5. The van der Waals surface area contributed by atoms with Crippen LogP contribution in [0.2, 0.25) is 0 Å². The number of anilines is 1. The van der Waals surface area contributed by atoms with E-state index < -0.39 is 0 Å². The maximum atomic E-state index is 5.47. The molecule has 0 spiro atoms. The summed E-state index contributed by atoms with van der Waals surface area (Å²) in [6, 6.07) is 10.1. The van der Waals surface area contributed by atoms with Crippen molar-refractivity contribution in [1.82, 2.24) is 9.97 Å². The highest BCUT2D eigenvalue weighted by molar-refractivity contribution is 5.26. The third kappa shape index (κ3) is 3.31. The van der Waals surface area contributed by atoms with Gasteiger partial charge < -0.3 is 14.8 Å². The van der Waals surface area contributed by atoms with Crippen molar-refractivity contribution in [3.05, 3.63) is 53.9 Å². The second-order valence-corrected chi connectivity index (χ2v) is 4.56. The van der Waals surface area contributed by atoms with Crippen molar-refractivity contribution in [3.8, 4) is 0 Å². The first kappa shape index (κ1) is 13.0. The molecule has 0 radical (unpaired) electrons. The summed E-state index contributed by atoms with van der Waals surface area (Å²) >= 11 is 0. The van der Waals surface area contributed by atoms with Gasteiger partial charge in [-0.3, -0.25) is 0 Å². The van der Waals surface area contributed by atoms with Crippen LogP contribution in [-0.2, 0) is 15.9 Å². The largest absolute Gasteiger partial charge is 0.354 e. The zero-order valence-electron chi connectivity index (χ0n) is 11.2. The van der Waals surface area contributed by atoms with Gasteiger partial charge in [-0.25, -0.2) is 9.97 Å². The zero-order valence-corrected chi connectivity index (χ0v) is 11.2. The molecule has 1 aromatic carbocycles. The molecule has 1 aromatic heterocycles. The maximum Gasteiger partial charge on any atom is 0.222 e. The number of ether oxygens (including phenoxy) is 2. The van der Waals surface area contributed by atoms with Crippen molar-refractivity contribution in [1.29, 1.82) is 0 Å². The molecular weight excluding hydrogens is 254 g/mol. The normalized spacial score (nSPS) is 15.4. The average Bonchev–Trinajstić information content (AvgIpc) is 3.03. The highest BCUT2D eigenvalue weighted by atomic mass is 16.7. The first-order chi connectivity index (χ1) is 9.92. The molecule has 1 aliphatic rings. The van der Waals surface area contributed by atoms with Crippen LogP contribution in [0.4, 0.5) is 5.95 Å². The van der Waals surface area contributed by atoms with Gasteiger partial charge in [0.05, 0.1) is 13.2 Å². The topological polar surface area (TPSA) is 56.3 Å². The molecule has 0 unspecified atom stereocenters. The highest BCUT2D eigenvalue weighted by Gasteiger charge is 2.17. The number of benzene rings is 1. The Balaban J connectivity index is 1.50. The molecule has 0 aliphatic carbocycles. The van der Waals surface area contributed by atoms with Crippen LogP contribution in [0.1, 0.15) is 17.4 Å².